The maximum absolute atomic E-state index is 4.51. The van der Waals surface area contributed by atoms with Gasteiger partial charge in [0.2, 0.25) is 4.96 Å². The summed E-state index contributed by atoms with van der Waals surface area (Å²) in [6, 6.07) is 5.80. The quantitative estimate of drug-likeness (QED) is 0.710. The summed E-state index contributed by atoms with van der Waals surface area (Å²) in [6.07, 6.45) is 3.70. The molecule has 0 bridgehead atoms. The first-order valence-corrected chi connectivity index (χ1v) is 6.32. The number of aryl methyl sites for hydroxylation is 1. The van der Waals surface area contributed by atoms with Gasteiger partial charge in [-0.2, -0.15) is 9.61 Å². The summed E-state index contributed by atoms with van der Waals surface area (Å²) < 4.78 is 1.82. The van der Waals surface area contributed by atoms with Crippen molar-refractivity contribution >= 4 is 16.3 Å². The second-order valence-electron chi connectivity index (χ2n) is 3.68. The number of nitrogens with zero attached hydrogens (tertiary/aromatic N) is 5. The number of pyridine rings is 1. The molecule has 3 aromatic heterocycles. The van der Waals surface area contributed by atoms with E-state index in [-0.39, 0.29) is 0 Å². The van der Waals surface area contributed by atoms with Crippen LogP contribution in [0.25, 0.3) is 15.7 Å². The Morgan fingerprint density at radius 2 is 2.24 bits per heavy atom. The van der Waals surface area contributed by atoms with E-state index in [0.717, 1.165) is 34.3 Å². The van der Waals surface area contributed by atoms with Gasteiger partial charge in [0.1, 0.15) is 5.69 Å². The second kappa shape index (κ2) is 4.21. The molecule has 0 saturated heterocycles. The topological polar surface area (TPSA) is 56.0 Å². The molecule has 3 heterocycles. The van der Waals surface area contributed by atoms with Crippen molar-refractivity contribution in [3.05, 3.63) is 30.2 Å². The summed E-state index contributed by atoms with van der Waals surface area (Å²) in [5.41, 5.74) is 0.880. The van der Waals surface area contributed by atoms with Gasteiger partial charge < -0.3 is 0 Å². The van der Waals surface area contributed by atoms with E-state index < -0.39 is 0 Å². The predicted octanol–water partition coefficient (Wildman–Crippen LogP) is 2.20. The van der Waals surface area contributed by atoms with Crippen LogP contribution < -0.4 is 0 Å². The molecular weight excluding hydrogens is 234 g/mol. The molecule has 5 nitrogen and oxygen atoms in total. The minimum absolute atomic E-state index is 0.828. The van der Waals surface area contributed by atoms with Crippen LogP contribution >= 0.6 is 11.3 Å². The normalized spacial score (nSPS) is 11.1. The standard InChI is InChI=1S/C11H11N5S/c1-2-5-9-13-14-11-16(9)15-10(17-11)8-6-3-4-7-12-8/h3-4,6-7H,2,5H2,1H3. The van der Waals surface area contributed by atoms with Gasteiger partial charge in [-0.3, -0.25) is 4.98 Å². The lowest BCUT2D eigenvalue weighted by Crippen LogP contribution is -1.95. The minimum Gasteiger partial charge on any atom is -0.254 e. The van der Waals surface area contributed by atoms with Crippen LogP contribution in [0.1, 0.15) is 19.2 Å². The van der Waals surface area contributed by atoms with Crippen molar-refractivity contribution in [3.63, 3.8) is 0 Å². The summed E-state index contributed by atoms with van der Waals surface area (Å²) in [5, 5.41) is 13.6. The summed E-state index contributed by atoms with van der Waals surface area (Å²) in [7, 11) is 0. The van der Waals surface area contributed by atoms with E-state index in [4.69, 9.17) is 0 Å². The molecule has 0 atom stereocenters. The molecule has 3 rings (SSSR count). The van der Waals surface area contributed by atoms with Gasteiger partial charge in [0.05, 0.1) is 0 Å². The summed E-state index contributed by atoms with van der Waals surface area (Å²) in [4.78, 5) is 5.11. The molecule has 0 N–H and O–H groups in total. The van der Waals surface area contributed by atoms with E-state index in [1.165, 1.54) is 11.3 Å². The van der Waals surface area contributed by atoms with Gasteiger partial charge in [0.15, 0.2) is 10.8 Å². The molecule has 6 heteroatoms. The SMILES string of the molecule is CCCc1nnc2sc(-c3ccccn3)nn12. The minimum atomic E-state index is 0.828. The van der Waals surface area contributed by atoms with Crippen LogP contribution in [0.15, 0.2) is 24.4 Å². The highest BCUT2D eigenvalue weighted by molar-refractivity contribution is 7.19. The van der Waals surface area contributed by atoms with Crippen LogP contribution in [0.2, 0.25) is 0 Å². The van der Waals surface area contributed by atoms with Crippen LogP contribution in [0.3, 0.4) is 0 Å². The summed E-state index contributed by atoms with van der Waals surface area (Å²) >= 11 is 1.51. The molecule has 0 unspecified atom stereocenters. The predicted molar refractivity (Wildman–Crippen MR) is 65.9 cm³/mol. The number of fused-ring (bicyclic) bond motifs is 1. The zero-order chi connectivity index (χ0) is 11.7. The smallest absolute Gasteiger partial charge is 0.235 e. The molecule has 0 radical (unpaired) electrons. The van der Waals surface area contributed by atoms with Crippen LogP contribution in [0, 0.1) is 0 Å². The fourth-order valence-electron chi connectivity index (χ4n) is 1.63. The first-order valence-electron chi connectivity index (χ1n) is 5.51. The lowest BCUT2D eigenvalue weighted by molar-refractivity contribution is 0.778. The Hall–Kier alpha value is -1.82. The molecule has 3 aromatic rings. The van der Waals surface area contributed by atoms with Crippen molar-refractivity contribution < 1.29 is 0 Å². The Bertz CT molecular complexity index is 628. The van der Waals surface area contributed by atoms with Crippen molar-refractivity contribution in [3.8, 4) is 10.7 Å². The molecule has 0 amide bonds. The van der Waals surface area contributed by atoms with E-state index >= 15 is 0 Å². The van der Waals surface area contributed by atoms with Crippen molar-refractivity contribution in [2.45, 2.75) is 19.8 Å². The monoisotopic (exact) mass is 245 g/mol. The molecule has 17 heavy (non-hydrogen) atoms. The van der Waals surface area contributed by atoms with Gasteiger partial charge in [-0.25, -0.2) is 0 Å². The highest BCUT2D eigenvalue weighted by Gasteiger charge is 2.12. The highest BCUT2D eigenvalue weighted by Crippen LogP contribution is 2.23. The Balaban J connectivity index is 2.08. The molecule has 0 spiro atoms. The van der Waals surface area contributed by atoms with Gasteiger partial charge in [-0.05, 0) is 18.6 Å². The molecule has 0 aliphatic rings. The van der Waals surface area contributed by atoms with Gasteiger partial charge >= 0.3 is 0 Å². The largest absolute Gasteiger partial charge is 0.254 e. The van der Waals surface area contributed by atoms with Crippen LogP contribution in [-0.4, -0.2) is 24.8 Å². The molecule has 0 aromatic carbocycles. The third-order valence-corrected chi connectivity index (χ3v) is 3.33. The van der Waals surface area contributed by atoms with Gasteiger partial charge in [-0.1, -0.05) is 24.3 Å². The maximum Gasteiger partial charge on any atom is 0.235 e. The molecule has 0 fully saturated rings. The van der Waals surface area contributed by atoms with Gasteiger partial charge in [0.25, 0.3) is 0 Å². The highest BCUT2D eigenvalue weighted by atomic mass is 32.1. The Kier molecular flexibility index (Phi) is 2.56. The Morgan fingerprint density at radius 1 is 1.29 bits per heavy atom. The van der Waals surface area contributed by atoms with Crippen LogP contribution in [0.5, 0.6) is 0 Å². The molecular formula is C11H11N5S. The van der Waals surface area contributed by atoms with Crippen molar-refractivity contribution in [2.75, 3.05) is 0 Å². The maximum atomic E-state index is 4.51. The van der Waals surface area contributed by atoms with Crippen molar-refractivity contribution in [1.29, 1.82) is 0 Å². The first-order chi connectivity index (χ1) is 8.38. The van der Waals surface area contributed by atoms with E-state index in [2.05, 4.69) is 27.2 Å². The lowest BCUT2D eigenvalue weighted by atomic mass is 10.3. The zero-order valence-electron chi connectivity index (χ0n) is 9.37. The molecule has 0 saturated carbocycles. The Labute approximate surface area is 102 Å². The fourth-order valence-corrected chi connectivity index (χ4v) is 2.46. The zero-order valence-corrected chi connectivity index (χ0v) is 10.2. The van der Waals surface area contributed by atoms with E-state index in [1.54, 1.807) is 6.20 Å². The van der Waals surface area contributed by atoms with Crippen molar-refractivity contribution in [2.24, 2.45) is 0 Å². The Morgan fingerprint density at radius 3 is 3.00 bits per heavy atom. The van der Waals surface area contributed by atoms with Crippen LogP contribution in [-0.2, 0) is 6.42 Å². The third kappa shape index (κ3) is 1.80. The molecule has 0 aliphatic heterocycles. The summed E-state index contributed by atoms with van der Waals surface area (Å²) in [6.45, 7) is 2.12. The number of hydrogen-bond donors (Lipinski definition) is 0. The number of aromatic nitrogens is 5. The summed E-state index contributed by atoms with van der Waals surface area (Å²) in [5.74, 6) is 0.918. The average molecular weight is 245 g/mol. The van der Waals surface area contributed by atoms with Crippen molar-refractivity contribution in [1.82, 2.24) is 24.8 Å². The second-order valence-corrected chi connectivity index (χ2v) is 4.64. The van der Waals surface area contributed by atoms with E-state index in [1.807, 2.05) is 22.7 Å². The first kappa shape index (κ1) is 10.3. The van der Waals surface area contributed by atoms with E-state index in [0.29, 0.717) is 0 Å². The number of hydrogen-bond acceptors (Lipinski definition) is 5. The average Bonchev–Trinajstić information content (AvgIpc) is 2.93. The van der Waals surface area contributed by atoms with Gasteiger partial charge in [-0.15, -0.1) is 10.2 Å². The van der Waals surface area contributed by atoms with Gasteiger partial charge in [0, 0.05) is 12.6 Å². The third-order valence-electron chi connectivity index (χ3n) is 2.41. The number of rotatable bonds is 3. The lowest BCUT2D eigenvalue weighted by Gasteiger charge is -1.93. The van der Waals surface area contributed by atoms with E-state index in [9.17, 15) is 0 Å². The van der Waals surface area contributed by atoms with Crippen LogP contribution in [0.4, 0.5) is 0 Å². The molecule has 86 valence electrons. The fraction of sp³-hybridized carbons (Fsp3) is 0.273. The molecule has 0 aliphatic carbocycles.